The number of rotatable bonds is 2. The van der Waals surface area contributed by atoms with Crippen molar-refractivity contribution >= 4 is 11.9 Å². The van der Waals surface area contributed by atoms with Crippen LogP contribution in [0.5, 0.6) is 0 Å². The van der Waals surface area contributed by atoms with Crippen LogP contribution in [-0.2, 0) is 4.79 Å². The first-order valence-corrected chi connectivity index (χ1v) is 5.75. The number of hydrogen-bond donors (Lipinski definition) is 1. The van der Waals surface area contributed by atoms with Crippen molar-refractivity contribution in [2.24, 2.45) is 0 Å². The molecule has 2 heterocycles. The van der Waals surface area contributed by atoms with Crippen molar-refractivity contribution in [1.82, 2.24) is 9.88 Å². The number of hydrogen-bond acceptors (Lipinski definition) is 3. The number of amides is 1. The van der Waals surface area contributed by atoms with E-state index in [9.17, 15) is 14.0 Å². The van der Waals surface area contributed by atoms with Crippen molar-refractivity contribution in [3.63, 3.8) is 0 Å². The highest BCUT2D eigenvalue weighted by Gasteiger charge is 2.32. The zero-order valence-corrected chi connectivity index (χ0v) is 9.67. The topological polar surface area (TPSA) is 70.5 Å². The van der Waals surface area contributed by atoms with Gasteiger partial charge in [0.05, 0.1) is 6.20 Å². The maximum atomic E-state index is 12.7. The molecule has 1 unspecified atom stereocenters. The molecule has 2 rings (SSSR count). The van der Waals surface area contributed by atoms with Gasteiger partial charge in [0.25, 0.3) is 5.91 Å². The molecule has 0 bridgehead atoms. The van der Waals surface area contributed by atoms with Crippen LogP contribution in [0.3, 0.4) is 0 Å². The van der Waals surface area contributed by atoms with E-state index in [0.717, 1.165) is 25.1 Å². The second kappa shape index (κ2) is 5.12. The van der Waals surface area contributed by atoms with Gasteiger partial charge < -0.3 is 10.0 Å². The first-order chi connectivity index (χ1) is 8.59. The summed E-state index contributed by atoms with van der Waals surface area (Å²) in [6.45, 7) is 0.398. The van der Waals surface area contributed by atoms with Gasteiger partial charge in [0.15, 0.2) is 0 Å². The van der Waals surface area contributed by atoms with Crippen molar-refractivity contribution in [2.45, 2.75) is 25.3 Å². The van der Waals surface area contributed by atoms with Gasteiger partial charge in [-0.25, -0.2) is 14.2 Å². The van der Waals surface area contributed by atoms with Crippen LogP contribution in [-0.4, -0.2) is 39.5 Å². The number of carbonyl (C=O) groups is 2. The largest absolute Gasteiger partial charge is 0.480 e. The number of aromatic nitrogens is 1. The summed E-state index contributed by atoms with van der Waals surface area (Å²) < 4.78 is 12.7. The summed E-state index contributed by atoms with van der Waals surface area (Å²) in [5.74, 6) is -1.99. The lowest BCUT2D eigenvalue weighted by molar-refractivity contribution is -0.143. The summed E-state index contributed by atoms with van der Waals surface area (Å²) >= 11 is 0. The molecule has 18 heavy (non-hydrogen) atoms. The Labute approximate surface area is 103 Å². The van der Waals surface area contributed by atoms with E-state index in [0.29, 0.717) is 13.0 Å². The molecule has 0 aromatic carbocycles. The molecule has 0 saturated carbocycles. The zero-order chi connectivity index (χ0) is 13.1. The van der Waals surface area contributed by atoms with Crippen LogP contribution in [0.15, 0.2) is 18.3 Å². The Kier molecular flexibility index (Phi) is 3.55. The fraction of sp³-hybridized carbons (Fsp3) is 0.417. The minimum atomic E-state index is -1.01. The number of carboxylic acids is 1. The average molecular weight is 252 g/mol. The van der Waals surface area contributed by atoms with Crippen LogP contribution in [0.4, 0.5) is 4.39 Å². The summed E-state index contributed by atoms with van der Waals surface area (Å²) in [5.41, 5.74) is 0.0737. The molecule has 1 aliphatic heterocycles. The molecule has 96 valence electrons. The molecule has 0 radical (unpaired) electrons. The summed E-state index contributed by atoms with van der Waals surface area (Å²) in [4.78, 5) is 28.2. The van der Waals surface area contributed by atoms with E-state index >= 15 is 0 Å². The second-order valence-corrected chi connectivity index (χ2v) is 4.21. The quantitative estimate of drug-likeness (QED) is 0.861. The van der Waals surface area contributed by atoms with Crippen molar-refractivity contribution in [2.75, 3.05) is 6.54 Å². The monoisotopic (exact) mass is 252 g/mol. The van der Waals surface area contributed by atoms with Gasteiger partial charge in [-0.1, -0.05) is 0 Å². The Bertz CT molecular complexity index is 461. The highest BCUT2D eigenvalue weighted by atomic mass is 19.1. The van der Waals surface area contributed by atoms with Crippen LogP contribution in [0.1, 0.15) is 29.8 Å². The number of nitrogens with zero attached hydrogens (tertiary/aromatic N) is 2. The van der Waals surface area contributed by atoms with Crippen LogP contribution >= 0.6 is 0 Å². The third kappa shape index (κ3) is 2.47. The SMILES string of the molecule is O=C(O)C1CCCCN1C(=O)c1ccc(F)cn1. The van der Waals surface area contributed by atoms with E-state index in [1.165, 1.54) is 11.0 Å². The molecule has 0 aliphatic carbocycles. The Balaban J connectivity index is 2.20. The van der Waals surface area contributed by atoms with Gasteiger partial charge in [-0.2, -0.15) is 0 Å². The highest BCUT2D eigenvalue weighted by Crippen LogP contribution is 2.19. The summed E-state index contributed by atoms with van der Waals surface area (Å²) in [7, 11) is 0. The number of likely N-dealkylation sites (tertiary alicyclic amines) is 1. The van der Waals surface area contributed by atoms with E-state index in [-0.39, 0.29) is 5.69 Å². The van der Waals surface area contributed by atoms with Crippen LogP contribution in [0, 0.1) is 5.82 Å². The van der Waals surface area contributed by atoms with Crippen molar-refractivity contribution < 1.29 is 19.1 Å². The second-order valence-electron chi connectivity index (χ2n) is 4.21. The molecular formula is C12H13FN2O3. The number of carbonyl (C=O) groups excluding carboxylic acids is 1. The van der Waals surface area contributed by atoms with Gasteiger partial charge in [0, 0.05) is 6.54 Å². The van der Waals surface area contributed by atoms with Crippen molar-refractivity contribution in [3.05, 3.63) is 29.8 Å². The third-order valence-electron chi connectivity index (χ3n) is 3.00. The molecule has 6 heteroatoms. The van der Waals surface area contributed by atoms with Gasteiger partial charge in [-0.15, -0.1) is 0 Å². The van der Waals surface area contributed by atoms with E-state index in [2.05, 4.69) is 4.98 Å². The molecule has 1 saturated heterocycles. The molecule has 1 fully saturated rings. The highest BCUT2D eigenvalue weighted by molar-refractivity contribution is 5.95. The number of halogens is 1. The smallest absolute Gasteiger partial charge is 0.326 e. The lowest BCUT2D eigenvalue weighted by atomic mass is 10.0. The standard InChI is InChI=1S/C12H13FN2O3/c13-8-4-5-9(14-7-8)11(16)15-6-2-1-3-10(15)12(17)18/h4-5,7,10H,1-3,6H2,(H,17,18). The predicted octanol–water partition coefficient (Wildman–Crippen LogP) is 1.30. The Hall–Kier alpha value is -1.98. The lowest BCUT2D eigenvalue weighted by Crippen LogP contribution is -2.48. The molecule has 1 N–H and O–H groups in total. The molecular weight excluding hydrogens is 239 g/mol. The van der Waals surface area contributed by atoms with Gasteiger partial charge in [0.2, 0.25) is 0 Å². The number of piperidine rings is 1. The maximum absolute atomic E-state index is 12.7. The normalized spacial score (nSPS) is 19.6. The lowest BCUT2D eigenvalue weighted by Gasteiger charge is -2.32. The zero-order valence-electron chi connectivity index (χ0n) is 9.67. The van der Waals surface area contributed by atoms with Crippen LogP contribution in [0.2, 0.25) is 0 Å². The minimum absolute atomic E-state index is 0.0737. The van der Waals surface area contributed by atoms with Gasteiger partial charge in [-0.05, 0) is 31.4 Å². The summed E-state index contributed by atoms with van der Waals surface area (Å²) in [6.07, 6.45) is 2.96. The van der Waals surface area contributed by atoms with Crippen molar-refractivity contribution in [1.29, 1.82) is 0 Å². The molecule has 1 aromatic rings. The Morgan fingerprint density at radius 2 is 2.17 bits per heavy atom. The molecule has 1 aromatic heterocycles. The van der Waals surface area contributed by atoms with Crippen LogP contribution < -0.4 is 0 Å². The van der Waals surface area contributed by atoms with Gasteiger partial charge in [0.1, 0.15) is 17.6 Å². The van der Waals surface area contributed by atoms with E-state index in [1.54, 1.807) is 0 Å². The third-order valence-corrected chi connectivity index (χ3v) is 3.00. The van der Waals surface area contributed by atoms with E-state index < -0.39 is 23.7 Å². The van der Waals surface area contributed by atoms with E-state index in [4.69, 9.17) is 5.11 Å². The Morgan fingerprint density at radius 3 is 2.78 bits per heavy atom. The molecule has 1 aliphatic rings. The number of pyridine rings is 1. The number of aliphatic carboxylic acids is 1. The molecule has 1 amide bonds. The Morgan fingerprint density at radius 1 is 1.39 bits per heavy atom. The van der Waals surface area contributed by atoms with E-state index in [1.807, 2.05) is 0 Å². The average Bonchev–Trinajstić information content (AvgIpc) is 2.39. The molecule has 5 nitrogen and oxygen atoms in total. The molecule has 0 spiro atoms. The first kappa shape index (κ1) is 12.5. The predicted molar refractivity (Wildman–Crippen MR) is 60.5 cm³/mol. The van der Waals surface area contributed by atoms with Gasteiger partial charge >= 0.3 is 5.97 Å². The van der Waals surface area contributed by atoms with Crippen molar-refractivity contribution in [3.8, 4) is 0 Å². The first-order valence-electron chi connectivity index (χ1n) is 5.75. The summed E-state index contributed by atoms with van der Waals surface area (Å²) in [5, 5.41) is 9.07. The fourth-order valence-electron chi connectivity index (χ4n) is 2.08. The van der Waals surface area contributed by atoms with Crippen LogP contribution in [0.25, 0.3) is 0 Å². The molecule has 1 atom stereocenters. The summed E-state index contributed by atoms with van der Waals surface area (Å²) in [6, 6.07) is 1.60. The number of carboxylic acid groups (broad SMARTS) is 1. The maximum Gasteiger partial charge on any atom is 0.326 e. The van der Waals surface area contributed by atoms with Gasteiger partial charge in [-0.3, -0.25) is 4.79 Å². The fourth-order valence-corrected chi connectivity index (χ4v) is 2.08. The minimum Gasteiger partial charge on any atom is -0.480 e.